The van der Waals surface area contributed by atoms with Gasteiger partial charge in [0.05, 0.1) is 5.02 Å². The van der Waals surface area contributed by atoms with Crippen LogP contribution in [0.2, 0.25) is 5.02 Å². The zero-order valence-electron chi connectivity index (χ0n) is 7.93. The maximum Gasteiger partial charge on any atom is 0.138 e. The topological polar surface area (TPSA) is 21.3 Å². The minimum Gasteiger partial charge on any atom is -0.491 e. The van der Waals surface area contributed by atoms with Crippen molar-refractivity contribution in [2.45, 2.75) is 6.92 Å². The number of hydrogen-bond acceptors (Lipinski definition) is 2. The first kappa shape index (κ1) is 10.4. The van der Waals surface area contributed by atoms with E-state index < -0.39 is 0 Å². The number of ether oxygens (including phenoxy) is 1. The van der Waals surface area contributed by atoms with E-state index >= 15 is 0 Å². The van der Waals surface area contributed by atoms with Gasteiger partial charge in [0, 0.05) is 6.54 Å². The molecular formula is C10H14ClNO. The van der Waals surface area contributed by atoms with E-state index in [-0.39, 0.29) is 0 Å². The van der Waals surface area contributed by atoms with Gasteiger partial charge in [0.25, 0.3) is 0 Å². The summed E-state index contributed by atoms with van der Waals surface area (Å²) in [5, 5.41) is 3.67. The Morgan fingerprint density at radius 1 is 1.46 bits per heavy atom. The molecule has 2 nitrogen and oxygen atoms in total. The van der Waals surface area contributed by atoms with Crippen LogP contribution in [0.25, 0.3) is 0 Å². The smallest absolute Gasteiger partial charge is 0.138 e. The first-order valence-electron chi connectivity index (χ1n) is 4.27. The van der Waals surface area contributed by atoms with Crippen LogP contribution < -0.4 is 10.1 Å². The van der Waals surface area contributed by atoms with Crippen molar-refractivity contribution in [3.05, 3.63) is 28.8 Å². The number of hydrogen-bond donors (Lipinski definition) is 1. The van der Waals surface area contributed by atoms with Crippen molar-refractivity contribution in [2.75, 3.05) is 20.2 Å². The second-order valence-electron chi connectivity index (χ2n) is 2.89. The summed E-state index contributed by atoms with van der Waals surface area (Å²) in [6.45, 7) is 3.48. The number of halogens is 1. The lowest BCUT2D eigenvalue weighted by Gasteiger charge is -2.07. The fourth-order valence-electron chi connectivity index (χ4n) is 0.984. The van der Waals surface area contributed by atoms with Gasteiger partial charge in [-0.15, -0.1) is 0 Å². The number of rotatable bonds is 4. The molecule has 0 aliphatic rings. The first-order valence-corrected chi connectivity index (χ1v) is 4.65. The van der Waals surface area contributed by atoms with E-state index in [1.165, 1.54) is 0 Å². The number of aryl methyl sites for hydroxylation is 1. The van der Waals surface area contributed by atoms with Crippen molar-refractivity contribution in [3.63, 3.8) is 0 Å². The average Bonchev–Trinajstić information content (AvgIpc) is 2.11. The van der Waals surface area contributed by atoms with Crippen LogP contribution >= 0.6 is 11.6 Å². The van der Waals surface area contributed by atoms with Crippen molar-refractivity contribution < 1.29 is 4.74 Å². The van der Waals surface area contributed by atoms with E-state index in [9.17, 15) is 0 Å². The lowest BCUT2D eigenvalue weighted by molar-refractivity contribution is 0.318. The SMILES string of the molecule is CNCCOc1cc(C)ccc1Cl. The number of likely N-dealkylation sites (N-methyl/N-ethyl adjacent to an activating group) is 1. The molecule has 13 heavy (non-hydrogen) atoms. The van der Waals surface area contributed by atoms with Crippen LogP contribution in [0.5, 0.6) is 5.75 Å². The van der Waals surface area contributed by atoms with Crippen molar-refractivity contribution in [2.24, 2.45) is 0 Å². The third-order valence-corrected chi connectivity index (χ3v) is 2.01. The average molecular weight is 200 g/mol. The molecule has 3 heteroatoms. The van der Waals surface area contributed by atoms with E-state index in [0.717, 1.165) is 17.9 Å². The predicted octanol–water partition coefficient (Wildman–Crippen LogP) is 2.25. The normalized spacial score (nSPS) is 10.1. The molecule has 1 aromatic rings. The van der Waals surface area contributed by atoms with Gasteiger partial charge in [0.1, 0.15) is 12.4 Å². The first-order chi connectivity index (χ1) is 6.24. The molecule has 0 aliphatic carbocycles. The van der Waals surface area contributed by atoms with Gasteiger partial charge in [-0.05, 0) is 31.7 Å². The number of benzene rings is 1. The Hall–Kier alpha value is -0.730. The summed E-state index contributed by atoms with van der Waals surface area (Å²) in [7, 11) is 1.89. The summed E-state index contributed by atoms with van der Waals surface area (Å²) in [6, 6.07) is 5.76. The monoisotopic (exact) mass is 199 g/mol. The lowest BCUT2D eigenvalue weighted by atomic mass is 10.2. The summed E-state index contributed by atoms with van der Waals surface area (Å²) in [5.41, 5.74) is 1.16. The van der Waals surface area contributed by atoms with Gasteiger partial charge in [-0.1, -0.05) is 17.7 Å². The molecule has 1 aromatic carbocycles. The van der Waals surface area contributed by atoms with Crippen LogP contribution in [-0.4, -0.2) is 20.2 Å². The molecule has 0 aromatic heterocycles. The summed E-state index contributed by atoms with van der Waals surface area (Å²) < 4.78 is 5.46. The van der Waals surface area contributed by atoms with Crippen LogP contribution in [0.15, 0.2) is 18.2 Å². The van der Waals surface area contributed by atoms with E-state index in [1.54, 1.807) is 0 Å². The van der Waals surface area contributed by atoms with Gasteiger partial charge in [-0.25, -0.2) is 0 Å². The van der Waals surface area contributed by atoms with Crippen LogP contribution in [0.1, 0.15) is 5.56 Å². The molecule has 0 spiro atoms. The molecule has 0 saturated carbocycles. The van der Waals surface area contributed by atoms with Gasteiger partial charge in [0.2, 0.25) is 0 Å². The molecule has 1 rings (SSSR count). The zero-order chi connectivity index (χ0) is 9.68. The molecule has 0 aliphatic heterocycles. The Morgan fingerprint density at radius 3 is 2.92 bits per heavy atom. The van der Waals surface area contributed by atoms with Crippen LogP contribution in [0.3, 0.4) is 0 Å². The summed E-state index contributed by atoms with van der Waals surface area (Å²) in [4.78, 5) is 0. The van der Waals surface area contributed by atoms with Crippen molar-refractivity contribution in [1.82, 2.24) is 5.32 Å². The Bertz CT molecular complexity index is 276. The lowest BCUT2D eigenvalue weighted by Crippen LogP contribution is -2.16. The van der Waals surface area contributed by atoms with Gasteiger partial charge < -0.3 is 10.1 Å². The fourth-order valence-corrected chi connectivity index (χ4v) is 1.16. The van der Waals surface area contributed by atoms with Gasteiger partial charge >= 0.3 is 0 Å². The molecule has 0 saturated heterocycles. The minimum atomic E-state index is 0.639. The largest absolute Gasteiger partial charge is 0.491 e. The highest BCUT2D eigenvalue weighted by atomic mass is 35.5. The van der Waals surface area contributed by atoms with Crippen molar-refractivity contribution in [1.29, 1.82) is 0 Å². The van der Waals surface area contributed by atoms with Gasteiger partial charge in [0.15, 0.2) is 0 Å². The van der Waals surface area contributed by atoms with Crippen LogP contribution in [0.4, 0.5) is 0 Å². The van der Waals surface area contributed by atoms with Gasteiger partial charge in [-0.3, -0.25) is 0 Å². The van der Waals surface area contributed by atoms with E-state index in [0.29, 0.717) is 11.6 Å². The predicted molar refractivity (Wildman–Crippen MR) is 55.6 cm³/mol. The molecule has 0 heterocycles. The fraction of sp³-hybridized carbons (Fsp3) is 0.400. The van der Waals surface area contributed by atoms with Crippen LogP contribution in [0, 0.1) is 6.92 Å². The maximum atomic E-state index is 5.93. The Morgan fingerprint density at radius 2 is 2.23 bits per heavy atom. The van der Waals surface area contributed by atoms with Crippen LogP contribution in [-0.2, 0) is 0 Å². The van der Waals surface area contributed by atoms with Crippen molar-refractivity contribution >= 4 is 11.6 Å². The van der Waals surface area contributed by atoms with E-state index in [4.69, 9.17) is 16.3 Å². The summed E-state index contributed by atoms with van der Waals surface area (Å²) in [5.74, 6) is 0.761. The number of nitrogens with one attached hydrogen (secondary N) is 1. The molecule has 72 valence electrons. The minimum absolute atomic E-state index is 0.639. The second-order valence-corrected chi connectivity index (χ2v) is 3.29. The standard InChI is InChI=1S/C10H14ClNO/c1-8-3-4-9(11)10(7-8)13-6-5-12-2/h3-4,7,12H,5-6H2,1-2H3. The zero-order valence-corrected chi connectivity index (χ0v) is 8.69. The van der Waals surface area contributed by atoms with E-state index in [2.05, 4.69) is 5.32 Å². The second kappa shape index (κ2) is 5.10. The highest BCUT2D eigenvalue weighted by Crippen LogP contribution is 2.24. The quantitative estimate of drug-likeness (QED) is 0.752. The Balaban J connectivity index is 2.59. The molecule has 1 N–H and O–H groups in total. The van der Waals surface area contributed by atoms with Gasteiger partial charge in [-0.2, -0.15) is 0 Å². The molecule has 0 atom stereocenters. The summed E-state index contributed by atoms with van der Waals surface area (Å²) in [6.07, 6.45) is 0. The molecular weight excluding hydrogens is 186 g/mol. The molecule has 0 amide bonds. The Kier molecular flexibility index (Phi) is 4.06. The Labute approximate surface area is 83.9 Å². The maximum absolute atomic E-state index is 5.93. The third-order valence-electron chi connectivity index (χ3n) is 1.70. The molecule has 0 unspecified atom stereocenters. The molecule has 0 bridgehead atoms. The molecule has 0 radical (unpaired) electrons. The highest BCUT2D eigenvalue weighted by molar-refractivity contribution is 6.32. The van der Waals surface area contributed by atoms with E-state index in [1.807, 2.05) is 32.2 Å². The van der Waals surface area contributed by atoms with Crippen molar-refractivity contribution in [3.8, 4) is 5.75 Å². The third kappa shape index (κ3) is 3.25. The highest BCUT2D eigenvalue weighted by Gasteiger charge is 2.00. The molecule has 0 fully saturated rings. The summed E-state index contributed by atoms with van der Waals surface area (Å²) >= 11 is 5.93.